The second-order valence-electron chi connectivity index (χ2n) is 6.40. The molecule has 0 heterocycles. The van der Waals surface area contributed by atoms with Crippen molar-refractivity contribution < 1.29 is 9.53 Å². The van der Waals surface area contributed by atoms with Gasteiger partial charge < -0.3 is 4.74 Å². The summed E-state index contributed by atoms with van der Waals surface area (Å²) in [6, 6.07) is 0. The van der Waals surface area contributed by atoms with E-state index >= 15 is 0 Å². The molecule has 0 aromatic heterocycles. The van der Waals surface area contributed by atoms with E-state index in [0.717, 1.165) is 19.3 Å². The molecule has 0 N–H and O–H groups in total. The van der Waals surface area contributed by atoms with Gasteiger partial charge in [-0.3, -0.25) is 4.79 Å². The first kappa shape index (κ1) is 16.5. The van der Waals surface area contributed by atoms with Crippen LogP contribution in [-0.4, -0.2) is 12.1 Å². The highest BCUT2D eigenvalue weighted by Crippen LogP contribution is 2.25. The summed E-state index contributed by atoms with van der Waals surface area (Å²) in [4.78, 5) is 12.0. The summed E-state index contributed by atoms with van der Waals surface area (Å²) >= 11 is 0. The van der Waals surface area contributed by atoms with Crippen molar-refractivity contribution in [2.45, 2.75) is 73.8 Å². The molecule has 1 unspecified atom stereocenters. The number of esters is 1. The summed E-state index contributed by atoms with van der Waals surface area (Å²) in [7, 11) is 0. The standard InChI is InChI=1S/C15H30O2/c1-8-15(6,7)14(16)17-13(12(4)5)10-9-11(2)3/h11-13H,8-10H2,1-7H3. The van der Waals surface area contributed by atoms with E-state index in [2.05, 4.69) is 27.7 Å². The zero-order valence-electron chi connectivity index (χ0n) is 12.7. The van der Waals surface area contributed by atoms with Crippen LogP contribution in [0.3, 0.4) is 0 Å². The topological polar surface area (TPSA) is 26.3 Å². The van der Waals surface area contributed by atoms with Gasteiger partial charge in [-0.25, -0.2) is 0 Å². The van der Waals surface area contributed by atoms with E-state index in [4.69, 9.17) is 4.74 Å². The number of ether oxygens (including phenoxy) is 1. The number of rotatable bonds is 7. The molecule has 0 saturated carbocycles. The van der Waals surface area contributed by atoms with Gasteiger partial charge >= 0.3 is 5.97 Å². The maximum absolute atomic E-state index is 12.0. The molecule has 0 aromatic carbocycles. The van der Waals surface area contributed by atoms with Crippen molar-refractivity contribution >= 4 is 5.97 Å². The highest BCUT2D eigenvalue weighted by molar-refractivity contribution is 5.76. The summed E-state index contributed by atoms with van der Waals surface area (Å²) in [6.07, 6.45) is 2.97. The molecular formula is C15H30O2. The summed E-state index contributed by atoms with van der Waals surface area (Å²) in [6.45, 7) is 14.6. The maximum Gasteiger partial charge on any atom is 0.311 e. The zero-order chi connectivity index (χ0) is 13.6. The summed E-state index contributed by atoms with van der Waals surface area (Å²) in [5.74, 6) is 1.00. The molecule has 0 aliphatic carbocycles. The molecule has 0 aliphatic rings. The minimum absolute atomic E-state index is 0.0533. The lowest BCUT2D eigenvalue weighted by molar-refractivity contribution is -0.162. The van der Waals surface area contributed by atoms with Crippen LogP contribution in [0.1, 0.15) is 67.7 Å². The molecule has 17 heavy (non-hydrogen) atoms. The molecule has 0 fully saturated rings. The van der Waals surface area contributed by atoms with Gasteiger partial charge in [-0.15, -0.1) is 0 Å². The third kappa shape index (κ3) is 6.09. The number of hydrogen-bond acceptors (Lipinski definition) is 2. The Kier molecular flexibility index (Phi) is 6.81. The van der Waals surface area contributed by atoms with E-state index in [0.29, 0.717) is 11.8 Å². The fourth-order valence-electron chi connectivity index (χ4n) is 1.47. The van der Waals surface area contributed by atoms with Crippen molar-refractivity contribution in [2.24, 2.45) is 17.3 Å². The van der Waals surface area contributed by atoms with E-state index in [9.17, 15) is 4.79 Å². The molecule has 0 aromatic rings. The van der Waals surface area contributed by atoms with Crippen LogP contribution < -0.4 is 0 Å². The second kappa shape index (κ2) is 7.03. The van der Waals surface area contributed by atoms with Gasteiger partial charge in [0, 0.05) is 0 Å². The van der Waals surface area contributed by atoms with Crippen LogP contribution in [0.25, 0.3) is 0 Å². The van der Waals surface area contributed by atoms with Crippen LogP contribution in [-0.2, 0) is 9.53 Å². The van der Waals surface area contributed by atoms with E-state index in [1.165, 1.54) is 0 Å². The number of carbonyl (C=O) groups excluding carboxylic acids is 1. The molecule has 0 spiro atoms. The quantitative estimate of drug-likeness (QED) is 0.617. The third-order valence-corrected chi connectivity index (χ3v) is 3.47. The Morgan fingerprint density at radius 3 is 2.00 bits per heavy atom. The van der Waals surface area contributed by atoms with E-state index in [-0.39, 0.29) is 17.5 Å². The Morgan fingerprint density at radius 1 is 1.12 bits per heavy atom. The first-order valence-corrected chi connectivity index (χ1v) is 6.91. The minimum Gasteiger partial charge on any atom is -0.462 e. The fourth-order valence-corrected chi connectivity index (χ4v) is 1.47. The average molecular weight is 242 g/mol. The number of carbonyl (C=O) groups is 1. The normalized spacial score (nSPS) is 14.2. The van der Waals surface area contributed by atoms with Crippen LogP contribution >= 0.6 is 0 Å². The van der Waals surface area contributed by atoms with Crippen LogP contribution in [0.2, 0.25) is 0 Å². The van der Waals surface area contributed by atoms with Crippen molar-refractivity contribution in [1.82, 2.24) is 0 Å². The minimum atomic E-state index is -0.356. The molecule has 0 rings (SSSR count). The first-order chi connectivity index (χ1) is 7.70. The Hall–Kier alpha value is -0.530. The monoisotopic (exact) mass is 242 g/mol. The van der Waals surface area contributed by atoms with Gasteiger partial charge in [0.1, 0.15) is 6.10 Å². The maximum atomic E-state index is 12.0. The van der Waals surface area contributed by atoms with Crippen molar-refractivity contribution in [3.8, 4) is 0 Å². The molecule has 0 bridgehead atoms. The molecule has 0 aliphatic heterocycles. The van der Waals surface area contributed by atoms with Gasteiger partial charge in [0.05, 0.1) is 5.41 Å². The van der Waals surface area contributed by atoms with Crippen molar-refractivity contribution in [3.63, 3.8) is 0 Å². The molecule has 0 saturated heterocycles. The van der Waals surface area contributed by atoms with Gasteiger partial charge in [0.15, 0.2) is 0 Å². The molecule has 1 atom stereocenters. The van der Waals surface area contributed by atoms with E-state index < -0.39 is 0 Å². The molecule has 0 radical (unpaired) electrons. The largest absolute Gasteiger partial charge is 0.462 e. The zero-order valence-corrected chi connectivity index (χ0v) is 12.7. The van der Waals surface area contributed by atoms with Crippen LogP contribution in [0.5, 0.6) is 0 Å². The molecule has 102 valence electrons. The summed E-state index contributed by atoms with van der Waals surface area (Å²) in [5.41, 5.74) is -0.356. The fraction of sp³-hybridized carbons (Fsp3) is 0.933. The van der Waals surface area contributed by atoms with Crippen molar-refractivity contribution in [1.29, 1.82) is 0 Å². The van der Waals surface area contributed by atoms with Gasteiger partial charge in [0.2, 0.25) is 0 Å². The van der Waals surface area contributed by atoms with Crippen molar-refractivity contribution in [2.75, 3.05) is 0 Å². The molecule has 2 heteroatoms. The Bertz CT molecular complexity index is 229. The van der Waals surface area contributed by atoms with E-state index in [1.54, 1.807) is 0 Å². The molecule has 2 nitrogen and oxygen atoms in total. The van der Waals surface area contributed by atoms with Crippen LogP contribution in [0, 0.1) is 17.3 Å². The predicted molar refractivity (Wildman–Crippen MR) is 72.9 cm³/mol. The smallest absolute Gasteiger partial charge is 0.311 e. The molecular weight excluding hydrogens is 212 g/mol. The van der Waals surface area contributed by atoms with Gasteiger partial charge in [-0.2, -0.15) is 0 Å². The number of hydrogen-bond donors (Lipinski definition) is 0. The van der Waals surface area contributed by atoms with Gasteiger partial charge in [-0.1, -0.05) is 34.6 Å². The van der Waals surface area contributed by atoms with Crippen molar-refractivity contribution in [3.05, 3.63) is 0 Å². The average Bonchev–Trinajstić information content (AvgIpc) is 2.22. The van der Waals surface area contributed by atoms with Crippen LogP contribution in [0.4, 0.5) is 0 Å². The molecule has 0 amide bonds. The van der Waals surface area contributed by atoms with Gasteiger partial charge in [0.25, 0.3) is 0 Å². The Labute approximate surface area is 107 Å². The Morgan fingerprint density at radius 2 is 1.65 bits per heavy atom. The second-order valence-corrected chi connectivity index (χ2v) is 6.40. The lowest BCUT2D eigenvalue weighted by atomic mass is 9.90. The lowest BCUT2D eigenvalue weighted by Crippen LogP contribution is -2.32. The highest BCUT2D eigenvalue weighted by Gasteiger charge is 2.30. The third-order valence-electron chi connectivity index (χ3n) is 3.47. The summed E-state index contributed by atoms with van der Waals surface area (Å²) < 4.78 is 5.68. The highest BCUT2D eigenvalue weighted by atomic mass is 16.5. The first-order valence-electron chi connectivity index (χ1n) is 6.91. The SMILES string of the molecule is CCC(C)(C)C(=O)OC(CCC(C)C)C(C)C. The lowest BCUT2D eigenvalue weighted by Gasteiger charge is -2.28. The summed E-state index contributed by atoms with van der Waals surface area (Å²) in [5, 5.41) is 0. The van der Waals surface area contributed by atoms with Crippen LogP contribution in [0.15, 0.2) is 0 Å². The van der Waals surface area contributed by atoms with E-state index in [1.807, 2.05) is 20.8 Å². The Balaban J connectivity index is 4.40. The van der Waals surface area contributed by atoms with Gasteiger partial charge in [-0.05, 0) is 44.9 Å². The predicted octanol–water partition coefficient (Wildman–Crippen LogP) is 4.43.